The number of rotatable bonds is 1. The number of aromatic nitrogens is 1. The lowest BCUT2D eigenvalue weighted by Crippen LogP contribution is -2.03. The van der Waals surface area contributed by atoms with Gasteiger partial charge in [0.1, 0.15) is 5.52 Å². The Morgan fingerprint density at radius 1 is 1.11 bits per heavy atom. The topological polar surface area (TPSA) is 55.1 Å². The first-order valence-corrected chi connectivity index (χ1v) is 6.09. The molecular formula is C15H10N2O2. The second kappa shape index (κ2) is 3.68. The summed E-state index contributed by atoms with van der Waals surface area (Å²) in [6.07, 6.45) is 0.357. The molecule has 1 aromatic heterocycles. The molecule has 0 radical (unpaired) electrons. The zero-order chi connectivity index (χ0) is 12.8. The Labute approximate surface area is 109 Å². The van der Waals surface area contributed by atoms with Gasteiger partial charge in [0, 0.05) is 16.8 Å². The van der Waals surface area contributed by atoms with Crippen molar-refractivity contribution in [3.63, 3.8) is 0 Å². The number of carbonyl (C=O) groups excluding carboxylic acids is 1. The number of anilines is 1. The fourth-order valence-corrected chi connectivity index (χ4v) is 2.40. The molecule has 2 heterocycles. The molecule has 4 heteroatoms. The largest absolute Gasteiger partial charge is 0.436 e. The van der Waals surface area contributed by atoms with Crippen LogP contribution in [-0.2, 0) is 11.2 Å². The Bertz CT molecular complexity index is 791. The van der Waals surface area contributed by atoms with Crippen molar-refractivity contribution in [1.29, 1.82) is 0 Å². The Morgan fingerprint density at radius 2 is 1.95 bits per heavy atom. The van der Waals surface area contributed by atoms with Gasteiger partial charge in [0.05, 0.1) is 6.42 Å². The molecule has 0 aliphatic carbocycles. The molecule has 1 aliphatic rings. The molecule has 92 valence electrons. The van der Waals surface area contributed by atoms with Gasteiger partial charge in [-0.15, -0.1) is 0 Å². The van der Waals surface area contributed by atoms with E-state index in [1.165, 1.54) is 0 Å². The first kappa shape index (κ1) is 10.3. The van der Waals surface area contributed by atoms with E-state index in [-0.39, 0.29) is 5.91 Å². The predicted molar refractivity (Wildman–Crippen MR) is 71.8 cm³/mol. The first-order chi connectivity index (χ1) is 9.31. The van der Waals surface area contributed by atoms with Crippen LogP contribution in [0.15, 0.2) is 46.9 Å². The van der Waals surface area contributed by atoms with Gasteiger partial charge in [0.2, 0.25) is 11.8 Å². The van der Waals surface area contributed by atoms with E-state index in [0.29, 0.717) is 17.9 Å². The highest BCUT2D eigenvalue weighted by Crippen LogP contribution is 2.33. The summed E-state index contributed by atoms with van der Waals surface area (Å²) in [6, 6.07) is 13.5. The second-order valence-corrected chi connectivity index (χ2v) is 4.55. The van der Waals surface area contributed by atoms with E-state index in [1.54, 1.807) is 0 Å². The highest BCUT2D eigenvalue weighted by Gasteiger charge is 2.23. The van der Waals surface area contributed by atoms with Crippen molar-refractivity contribution >= 4 is 22.7 Å². The summed E-state index contributed by atoms with van der Waals surface area (Å²) in [7, 11) is 0. The number of hydrogen-bond acceptors (Lipinski definition) is 3. The van der Waals surface area contributed by atoms with Gasteiger partial charge in [0.25, 0.3) is 0 Å². The molecule has 0 unspecified atom stereocenters. The number of carbonyl (C=O) groups is 1. The van der Waals surface area contributed by atoms with Crippen molar-refractivity contribution in [2.45, 2.75) is 6.42 Å². The number of nitrogens with zero attached hydrogens (tertiary/aromatic N) is 1. The molecule has 0 bridgehead atoms. The van der Waals surface area contributed by atoms with Crippen molar-refractivity contribution in [2.24, 2.45) is 0 Å². The molecule has 0 atom stereocenters. The van der Waals surface area contributed by atoms with Crippen LogP contribution in [-0.4, -0.2) is 10.9 Å². The van der Waals surface area contributed by atoms with Gasteiger partial charge in [0.15, 0.2) is 5.58 Å². The monoisotopic (exact) mass is 250 g/mol. The van der Waals surface area contributed by atoms with E-state index >= 15 is 0 Å². The fourth-order valence-electron chi connectivity index (χ4n) is 2.40. The third-order valence-corrected chi connectivity index (χ3v) is 3.29. The Kier molecular flexibility index (Phi) is 2.00. The van der Waals surface area contributed by atoms with E-state index in [2.05, 4.69) is 10.3 Å². The van der Waals surface area contributed by atoms with Crippen LogP contribution in [0.5, 0.6) is 0 Å². The van der Waals surface area contributed by atoms with Crippen molar-refractivity contribution in [1.82, 2.24) is 4.98 Å². The van der Waals surface area contributed by atoms with Gasteiger partial charge in [-0.3, -0.25) is 4.79 Å². The Balaban J connectivity index is 1.94. The molecule has 0 saturated carbocycles. The number of fused-ring (bicyclic) bond motifs is 3. The third kappa shape index (κ3) is 1.53. The lowest BCUT2D eigenvalue weighted by atomic mass is 10.1. The number of oxazole rings is 1. The molecule has 4 rings (SSSR count). The predicted octanol–water partition coefficient (Wildman–Crippen LogP) is 2.99. The van der Waals surface area contributed by atoms with Crippen LogP contribution in [0.1, 0.15) is 5.56 Å². The first-order valence-electron chi connectivity index (χ1n) is 6.09. The molecule has 1 amide bonds. The van der Waals surface area contributed by atoms with Crippen LogP contribution in [0.3, 0.4) is 0 Å². The highest BCUT2D eigenvalue weighted by atomic mass is 16.3. The van der Waals surface area contributed by atoms with Crippen molar-refractivity contribution in [3.05, 3.63) is 48.0 Å². The normalized spacial score (nSPS) is 13.6. The molecule has 1 N–H and O–H groups in total. The van der Waals surface area contributed by atoms with E-state index in [1.807, 2.05) is 42.5 Å². The van der Waals surface area contributed by atoms with Gasteiger partial charge in [-0.2, -0.15) is 0 Å². The number of hydrogen-bond donors (Lipinski definition) is 1. The van der Waals surface area contributed by atoms with Crippen LogP contribution in [0.4, 0.5) is 5.69 Å². The lowest BCUT2D eigenvalue weighted by Gasteiger charge is -1.96. The summed E-state index contributed by atoms with van der Waals surface area (Å²) < 4.78 is 5.84. The molecule has 2 aromatic carbocycles. The van der Waals surface area contributed by atoms with Crippen LogP contribution >= 0.6 is 0 Å². The molecule has 0 spiro atoms. The zero-order valence-electron chi connectivity index (χ0n) is 10.0. The van der Waals surface area contributed by atoms with E-state index < -0.39 is 0 Å². The highest BCUT2D eigenvalue weighted by molar-refractivity contribution is 6.04. The average Bonchev–Trinajstić information content (AvgIpc) is 3.01. The maximum absolute atomic E-state index is 11.4. The number of benzene rings is 2. The standard InChI is InChI=1S/C15H10N2O2/c18-13-8-10-11(16-13)6-7-12-14(10)19-15(17-12)9-4-2-1-3-5-9/h1-7H,8H2,(H,16,18). The maximum Gasteiger partial charge on any atom is 0.229 e. The van der Waals surface area contributed by atoms with Crippen LogP contribution < -0.4 is 5.32 Å². The molecule has 19 heavy (non-hydrogen) atoms. The van der Waals surface area contributed by atoms with Gasteiger partial charge >= 0.3 is 0 Å². The van der Waals surface area contributed by atoms with Gasteiger partial charge in [-0.05, 0) is 24.3 Å². The quantitative estimate of drug-likeness (QED) is 0.722. The Morgan fingerprint density at radius 3 is 2.79 bits per heavy atom. The minimum Gasteiger partial charge on any atom is -0.436 e. The summed E-state index contributed by atoms with van der Waals surface area (Å²) in [6.45, 7) is 0. The lowest BCUT2D eigenvalue weighted by molar-refractivity contribution is -0.115. The smallest absolute Gasteiger partial charge is 0.229 e. The van der Waals surface area contributed by atoms with Crippen molar-refractivity contribution in [3.8, 4) is 11.5 Å². The van der Waals surface area contributed by atoms with E-state index in [9.17, 15) is 4.79 Å². The van der Waals surface area contributed by atoms with Crippen LogP contribution in [0.2, 0.25) is 0 Å². The van der Waals surface area contributed by atoms with Crippen molar-refractivity contribution < 1.29 is 9.21 Å². The molecule has 0 saturated heterocycles. The molecule has 3 aromatic rings. The maximum atomic E-state index is 11.4. The van der Waals surface area contributed by atoms with Crippen molar-refractivity contribution in [2.75, 3.05) is 5.32 Å². The fraction of sp³-hybridized carbons (Fsp3) is 0.0667. The SMILES string of the molecule is O=C1Cc2c(ccc3nc(-c4ccccc4)oc23)N1. The van der Waals surface area contributed by atoms with E-state index in [4.69, 9.17) is 4.42 Å². The van der Waals surface area contributed by atoms with Gasteiger partial charge in [-0.25, -0.2) is 4.98 Å². The molecule has 4 nitrogen and oxygen atoms in total. The summed E-state index contributed by atoms with van der Waals surface area (Å²) in [4.78, 5) is 15.9. The number of amides is 1. The van der Waals surface area contributed by atoms with Gasteiger partial charge in [-0.1, -0.05) is 18.2 Å². The minimum absolute atomic E-state index is 0.000149. The van der Waals surface area contributed by atoms with E-state index in [0.717, 1.165) is 22.3 Å². The third-order valence-electron chi connectivity index (χ3n) is 3.29. The van der Waals surface area contributed by atoms with Crippen LogP contribution in [0, 0.1) is 0 Å². The summed E-state index contributed by atoms with van der Waals surface area (Å²) in [5.74, 6) is 0.587. The molecule has 1 aliphatic heterocycles. The summed E-state index contributed by atoms with van der Waals surface area (Å²) in [5.41, 5.74) is 4.15. The zero-order valence-corrected chi connectivity index (χ0v) is 10.0. The number of nitrogens with one attached hydrogen (secondary N) is 1. The van der Waals surface area contributed by atoms with Crippen LogP contribution in [0.25, 0.3) is 22.6 Å². The second-order valence-electron chi connectivity index (χ2n) is 4.55. The minimum atomic E-state index is 0.000149. The molecule has 0 fully saturated rings. The van der Waals surface area contributed by atoms with Gasteiger partial charge < -0.3 is 9.73 Å². The summed E-state index contributed by atoms with van der Waals surface area (Å²) >= 11 is 0. The average molecular weight is 250 g/mol. The Hall–Kier alpha value is -2.62. The summed E-state index contributed by atoms with van der Waals surface area (Å²) in [5, 5.41) is 2.81. The molecular weight excluding hydrogens is 240 g/mol.